The van der Waals surface area contributed by atoms with Crippen LogP contribution in [0.25, 0.3) is 0 Å². The molecule has 0 aliphatic heterocycles. The Bertz CT molecular complexity index is 493. The van der Waals surface area contributed by atoms with Crippen LogP contribution in [0.2, 0.25) is 0 Å². The summed E-state index contributed by atoms with van der Waals surface area (Å²) < 4.78 is 1.99. The molecule has 5 nitrogen and oxygen atoms in total. The van der Waals surface area contributed by atoms with Gasteiger partial charge in [0.15, 0.2) is 0 Å². The number of hydrogen-bond donors (Lipinski definition) is 1. The van der Waals surface area contributed by atoms with E-state index in [0.717, 1.165) is 24.1 Å². The van der Waals surface area contributed by atoms with E-state index < -0.39 is 6.10 Å². The molecule has 0 radical (unpaired) electrons. The molecule has 1 unspecified atom stereocenters. The third-order valence-corrected chi connectivity index (χ3v) is 3.37. The third-order valence-electron chi connectivity index (χ3n) is 3.37. The fourth-order valence-electron chi connectivity index (χ4n) is 2.17. The molecular weight excluding hydrogens is 240 g/mol. The minimum atomic E-state index is -0.583. The topological polar surface area (TPSA) is 63.8 Å². The van der Waals surface area contributed by atoms with Gasteiger partial charge < -0.3 is 5.11 Å². The van der Waals surface area contributed by atoms with E-state index in [-0.39, 0.29) is 0 Å². The van der Waals surface area contributed by atoms with Gasteiger partial charge in [-0.1, -0.05) is 13.8 Å². The van der Waals surface area contributed by atoms with Crippen LogP contribution in [0.3, 0.4) is 0 Å². The Morgan fingerprint density at radius 1 is 1.21 bits per heavy atom. The lowest BCUT2D eigenvalue weighted by Crippen LogP contribution is -2.09. The molecular formula is C14H20N4O. The van der Waals surface area contributed by atoms with Gasteiger partial charge in [0.25, 0.3) is 0 Å². The van der Waals surface area contributed by atoms with Crippen molar-refractivity contribution in [3.8, 4) is 0 Å². The normalized spacial score (nSPS) is 12.8. The first-order valence-corrected chi connectivity index (χ1v) is 6.73. The van der Waals surface area contributed by atoms with Crippen molar-refractivity contribution in [2.75, 3.05) is 0 Å². The monoisotopic (exact) mass is 260 g/mol. The van der Waals surface area contributed by atoms with Gasteiger partial charge in [-0.25, -0.2) is 0 Å². The van der Waals surface area contributed by atoms with E-state index in [2.05, 4.69) is 29.1 Å². The zero-order valence-corrected chi connectivity index (χ0v) is 11.4. The number of aliphatic hydroxyl groups is 1. The van der Waals surface area contributed by atoms with Gasteiger partial charge in [0.2, 0.25) is 0 Å². The Balaban J connectivity index is 2.04. The molecule has 2 heterocycles. The van der Waals surface area contributed by atoms with Gasteiger partial charge in [-0.15, -0.1) is 0 Å². The lowest BCUT2D eigenvalue weighted by Gasteiger charge is -2.13. The number of hydrogen-bond acceptors (Lipinski definition) is 4. The fourth-order valence-corrected chi connectivity index (χ4v) is 2.17. The molecule has 2 rings (SSSR count). The molecule has 0 spiro atoms. The van der Waals surface area contributed by atoms with Gasteiger partial charge in [0.05, 0.1) is 24.0 Å². The number of nitrogens with zero attached hydrogens (tertiary/aromatic N) is 4. The second-order valence-corrected chi connectivity index (χ2v) is 4.65. The first-order chi connectivity index (χ1) is 9.24. The molecule has 0 bridgehead atoms. The maximum atomic E-state index is 10.1. The van der Waals surface area contributed by atoms with E-state index in [1.165, 1.54) is 0 Å². The van der Waals surface area contributed by atoms with E-state index in [1.54, 1.807) is 18.5 Å². The highest BCUT2D eigenvalue weighted by atomic mass is 16.3. The second-order valence-electron chi connectivity index (χ2n) is 4.65. The number of rotatable bonds is 6. The summed E-state index contributed by atoms with van der Waals surface area (Å²) in [5.41, 5.74) is 1.67. The maximum absolute atomic E-state index is 10.1. The van der Waals surface area contributed by atoms with E-state index in [9.17, 15) is 5.11 Å². The van der Waals surface area contributed by atoms with Crippen molar-refractivity contribution >= 4 is 0 Å². The maximum Gasteiger partial charge on any atom is 0.0862 e. The van der Waals surface area contributed by atoms with Crippen LogP contribution in [0.1, 0.15) is 50.1 Å². The second kappa shape index (κ2) is 6.43. The SMILES string of the molecule is CCC(CC)n1ccc(CC(O)c2ccnnc2)n1. The Hall–Kier alpha value is -1.75. The van der Waals surface area contributed by atoms with Crippen LogP contribution in [0.4, 0.5) is 0 Å². The Labute approximate surface area is 113 Å². The molecule has 2 aromatic heterocycles. The largest absolute Gasteiger partial charge is 0.388 e. The van der Waals surface area contributed by atoms with Crippen molar-refractivity contribution in [1.82, 2.24) is 20.0 Å². The van der Waals surface area contributed by atoms with Crippen molar-refractivity contribution in [1.29, 1.82) is 0 Å². The van der Waals surface area contributed by atoms with Crippen LogP contribution < -0.4 is 0 Å². The lowest BCUT2D eigenvalue weighted by molar-refractivity contribution is 0.176. The zero-order valence-electron chi connectivity index (χ0n) is 11.4. The van der Waals surface area contributed by atoms with E-state index in [4.69, 9.17) is 0 Å². The minimum Gasteiger partial charge on any atom is -0.388 e. The van der Waals surface area contributed by atoms with Gasteiger partial charge in [-0.05, 0) is 25.0 Å². The van der Waals surface area contributed by atoms with Crippen LogP contribution in [-0.4, -0.2) is 25.1 Å². The quantitative estimate of drug-likeness (QED) is 0.865. The molecule has 0 amide bonds. The van der Waals surface area contributed by atoms with Gasteiger partial charge in [-0.2, -0.15) is 15.3 Å². The van der Waals surface area contributed by atoms with Crippen molar-refractivity contribution in [3.05, 3.63) is 42.0 Å². The van der Waals surface area contributed by atoms with Crippen LogP contribution in [0.5, 0.6) is 0 Å². The summed E-state index contributed by atoms with van der Waals surface area (Å²) in [4.78, 5) is 0. The van der Waals surface area contributed by atoms with Crippen LogP contribution >= 0.6 is 0 Å². The van der Waals surface area contributed by atoms with Crippen LogP contribution in [0.15, 0.2) is 30.7 Å². The Morgan fingerprint density at radius 2 is 2.00 bits per heavy atom. The summed E-state index contributed by atoms with van der Waals surface area (Å²) in [6.07, 6.45) is 7.21. The fraction of sp³-hybridized carbons (Fsp3) is 0.500. The number of aliphatic hydroxyl groups excluding tert-OH is 1. The highest BCUT2D eigenvalue weighted by Crippen LogP contribution is 2.18. The molecule has 1 atom stereocenters. The molecule has 2 aromatic rings. The summed E-state index contributed by atoms with van der Waals surface area (Å²) in [6.45, 7) is 4.32. The smallest absolute Gasteiger partial charge is 0.0862 e. The molecule has 5 heteroatoms. The Kier molecular flexibility index (Phi) is 4.63. The summed E-state index contributed by atoms with van der Waals surface area (Å²) in [6, 6.07) is 4.18. The summed E-state index contributed by atoms with van der Waals surface area (Å²) in [5, 5.41) is 22.1. The average Bonchev–Trinajstić information content (AvgIpc) is 2.89. The van der Waals surface area contributed by atoms with Crippen molar-refractivity contribution < 1.29 is 5.11 Å². The minimum absolute atomic E-state index is 0.438. The Morgan fingerprint density at radius 3 is 2.63 bits per heavy atom. The van der Waals surface area contributed by atoms with E-state index in [0.29, 0.717) is 12.5 Å². The van der Waals surface area contributed by atoms with Gasteiger partial charge in [0, 0.05) is 24.4 Å². The molecule has 0 fully saturated rings. The zero-order chi connectivity index (χ0) is 13.7. The van der Waals surface area contributed by atoms with Crippen molar-refractivity contribution in [2.45, 2.75) is 45.3 Å². The molecule has 0 aliphatic rings. The summed E-state index contributed by atoms with van der Waals surface area (Å²) in [5.74, 6) is 0. The van der Waals surface area contributed by atoms with Crippen molar-refractivity contribution in [2.24, 2.45) is 0 Å². The van der Waals surface area contributed by atoms with Gasteiger partial charge in [0.1, 0.15) is 0 Å². The van der Waals surface area contributed by atoms with E-state index in [1.807, 2.05) is 16.9 Å². The highest BCUT2D eigenvalue weighted by molar-refractivity contribution is 5.13. The lowest BCUT2D eigenvalue weighted by atomic mass is 10.1. The molecule has 102 valence electrons. The van der Waals surface area contributed by atoms with E-state index >= 15 is 0 Å². The first-order valence-electron chi connectivity index (χ1n) is 6.73. The molecule has 19 heavy (non-hydrogen) atoms. The predicted octanol–water partition coefficient (Wildman–Crippen LogP) is 2.31. The van der Waals surface area contributed by atoms with Gasteiger partial charge >= 0.3 is 0 Å². The molecule has 0 aliphatic carbocycles. The molecule has 0 saturated heterocycles. The standard InChI is InChI=1S/C14H20N4O/c1-3-13(4-2)18-8-6-12(17-18)9-14(19)11-5-7-15-16-10-11/h5-8,10,13-14,19H,3-4,9H2,1-2H3. The van der Waals surface area contributed by atoms with Crippen LogP contribution in [-0.2, 0) is 6.42 Å². The molecule has 0 saturated carbocycles. The summed E-state index contributed by atoms with van der Waals surface area (Å²) >= 11 is 0. The highest BCUT2D eigenvalue weighted by Gasteiger charge is 2.13. The third kappa shape index (κ3) is 3.38. The predicted molar refractivity (Wildman–Crippen MR) is 72.5 cm³/mol. The molecule has 0 aromatic carbocycles. The average molecular weight is 260 g/mol. The number of aromatic nitrogens is 4. The van der Waals surface area contributed by atoms with Gasteiger partial charge in [-0.3, -0.25) is 4.68 Å². The first kappa shape index (κ1) is 13.7. The summed E-state index contributed by atoms with van der Waals surface area (Å²) in [7, 11) is 0. The van der Waals surface area contributed by atoms with Crippen LogP contribution in [0, 0.1) is 0 Å². The molecule has 1 N–H and O–H groups in total. The van der Waals surface area contributed by atoms with Crippen molar-refractivity contribution in [3.63, 3.8) is 0 Å².